The molecule has 2 aromatic rings. The number of nitrogens with one attached hydrogen (secondary N) is 2. The standard InChI is InChI=1S/C18H18ClF3N2S/c1-10-4-5-11(2)14(8-10)12(3)23-17(25)24-13-6-7-16(19)15(9-13)18(20,21)22/h4-9,12H,1-3H3,(H2,23,24,25)/t12-/m1/s1. The molecule has 0 saturated heterocycles. The van der Waals surface area contributed by atoms with Crippen LogP contribution in [-0.2, 0) is 6.18 Å². The largest absolute Gasteiger partial charge is 0.417 e. The molecule has 2 rings (SSSR count). The van der Waals surface area contributed by atoms with Gasteiger partial charge in [0.15, 0.2) is 5.11 Å². The highest BCUT2D eigenvalue weighted by Gasteiger charge is 2.33. The van der Waals surface area contributed by atoms with Gasteiger partial charge in [-0.15, -0.1) is 0 Å². The number of hydrogen-bond donors (Lipinski definition) is 2. The highest BCUT2D eigenvalue weighted by Crippen LogP contribution is 2.36. The van der Waals surface area contributed by atoms with E-state index in [9.17, 15) is 13.2 Å². The van der Waals surface area contributed by atoms with Crippen molar-refractivity contribution in [1.29, 1.82) is 0 Å². The second-order valence-electron chi connectivity index (χ2n) is 5.87. The molecule has 134 valence electrons. The molecule has 2 N–H and O–H groups in total. The summed E-state index contributed by atoms with van der Waals surface area (Å²) in [5, 5.41) is 5.76. The van der Waals surface area contributed by atoms with E-state index in [0.29, 0.717) is 0 Å². The van der Waals surface area contributed by atoms with Crippen molar-refractivity contribution in [2.24, 2.45) is 0 Å². The Balaban J connectivity index is 2.11. The number of thiocarbonyl (C=S) groups is 1. The Hall–Kier alpha value is -1.79. The zero-order valence-corrected chi connectivity index (χ0v) is 15.5. The van der Waals surface area contributed by atoms with Crippen molar-refractivity contribution < 1.29 is 13.2 Å². The van der Waals surface area contributed by atoms with Crippen LogP contribution < -0.4 is 10.6 Å². The SMILES string of the molecule is Cc1ccc(C)c([C@@H](C)NC(=S)Nc2ccc(Cl)c(C(F)(F)F)c2)c1. The zero-order valence-electron chi connectivity index (χ0n) is 14.0. The molecule has 0 radical (unpaired) electrons. The van der Waals surface area contributed by atoms with Gasteiger partial charge in [-0.1, -0.05) is 35.4 Å². The molecule has 25 heavy (non-hydrogen) atoms. The number of anilines is 1. The first-order valence-corrected chi connectivity index (χ1v) is 8.38. The highest BCUT2D eigenvalue weighted by atomic mass is 35.5. The van der Waals surface area contributed by atoms with Crippen molar-refractivity contribution in [3.8, 4) is 0 Å². The van der Waals surface area contributed by atoms with Crippen molar-refractivity contribution in [1.82, 2.24) is 5.32 Å². The van der Waals surface area contributed by atoms with Crippen LogP contribution in [0.5, 0.6) is 0 Å². The zero-order chi connectivity index (χ0) is 18.8. The average Bonchev–Trinajstić information content (AvgIpc) is 2.50. The van der Waals surface area contributed by atoms with Gasteiger partial charge in [0, 0.05) is 5.69 Å². The van der Waals surface area contributed by atoms with E-state index in [4.69, 9.17) is 23.8 Å². The summed E-state index contributed by atoms with van der Waals surface area (Å²) < 4.78 is 38.8. The lowest BCUT2D eigenvalue weighted by atomic mass is 10.0. The second-order valence-corrected chi connectivity index (χ2v) is 6.69. The van der Waals surface area contributed by atoms with Crippen molar-refractivity contribution in [3.63, 3.8) is 0 Å². The van der Waals surface area contributed by atoms with Crippen molar-refractivity contribution in [3.05, 3.63) is 63.7 Å². The number of aryl methyl sites for hydroxylation is 2. The monoisotopic (exact) mass is 386 g/mol. The minimum atomic E-state index is -4.52. The third-order valence-corrected chi connectivity index (χ3v) is 4.33. The molecule has 0 aliphatic carbocycles. The van der Waals surface area contributed by atoms with Crippen LogP contribution in [0.15, 0.2) is 36.4 Å². The molecule has 0 fully saturated rings. The summed E-state index contributed by atoms with van der Waals surface area (Å²) in [6, 6.07) is 9.60. The molecule has 0 bridgehead atoms. The van der Waals surface area contributed by atoms with E-state index in [1.807, 2.05) is 32.9 Å². The summed E-state index contributed by atoms with van der Waals surface area (Å²) in [5.41, 5.74) is 2.64. The highest BCUT2D eigenvalue weighted by molar-refractivity contribution is 7.80. The molecule has 0 aliphatic heterocycles. The Morgan fingerprint density at radius 2 is 1.80 bits per heavy atom. The fraction of sp³-hybridized carbons (Fsp3) is 0.278. The number of hydrogen-bond acceptors (Lipinski definition) is 1. The van der Waals surface area contributed by atoms with Crippen LogP contribution in [0.2, 0.25) is 5.02 Å². The van der Waals surface area contributed by atoms with Gasteiger partial charge in [-0.2, -0.15) is 13.2 Å². The third kappa shape index (κ3) is 5.09. The predicted octanol–water partition coefficient (Wildman–Crippen LogP) is 6.02. The quantitative estimate of drug-likeness (QED) is 0.630. The van der Waals surface area contributed by atoms with Gasteiger partial charge in [0.2, 0.25) is 0 Å². The van der Waals surface area contributed by atoms with Gasteiger partial charge in [-0.05, 0) is 62.3 Å². The maximum absolute atomic E-state index is 12.9. The summed E-state index contributed by atoms with van der Waals surface area (Å²) in [4.78, 5) is 0. The molecule has 0 unspecified atom stereocenters. The lowest BCUT2D eigenvalue weighted by Crippen LogP contribution is -2.31. The minimum absolute atomic E-state index is 0.0886. The Bertz CT molecular complexity index is 790. The van der Waals surface area contributed by atoms with Crippen LogP contribution in [0.3, 0.4) is 0 Å². The van der Waals surface area contributed by atoms with Gasteiger partial charge in [0.05, 0.1) is 16.6 Å². The molecule has 7 heteroatoms. The third-order valence-electron chi connectivity index (χ3n) is 3.78. The van der Waals surface area contributed by atoms with E-state index in [-0.39, 0.29) is 21.9 Å². The van der Waals surface area contributed by atoms with Crippen molar-refractivity contribution in [2.45, 2.75) is 33.0 Å². The minimum Gasteiger partial charge on any atom is -0.356 e. The molecule has 0 spiro atoms. The molecule has 1 atom stereocenters. The van der Waals surface area contributed by atoms with Gasteiger partial charge >= 0.3 is 6.18 Å². The number of benzene rings is 2. The summed E-state index contributed by atoms with van der Waals surface area (Å²) in [7, 11) is 0. The molecular formula is C18H18ClF3N2S. The second kappa shape index (κ2) is 7.62. The molecule has 0 saturated carbocycles. The van der Waals surface area contributed by atoms with Crippen LogP contribution in [0.1, 0.15) is 35.2 Å². The first kappa shape index (κ1) is 19.5. The van der Waals surface area contributed by atoms with Crippen molar-refractivity contribution in [2.75, 3.05) is 5.32 Å². The molecule has 0 aromatic heterocycles. The summed E-state index contributed by atoms with van der Waals surface area (Å²) >= 11 is 10.8. The number of rotatable bonds is 3. The van der Waals surface area contributed by atoms with Crippen LogP contribution in [0, 0.1) is 13.8 Å². The van der Waals surface area contributed by atoms with Gasteiger partial charge in [0.1, 0.15) is 0 Å². The summed E-state index contributed by atoms with van der Waals surface area (Å²) in [6.07, 6.45) is -4.52. The maximum atomic E-state index is 12.9. The molecule has 2 aromatic carbocycles. The van der Waals surface area contributed by atoms with E-state index >= 15 is 0 Å². The van der Waals surface area contributed by atoms with E-state index in [2.05, 4.69) is 16.7 Å². The Morgan fingerprint density at radius 3 is 2.44 bits per heavy atom. The molecular weight excluding hydrogens is 369 g/mol. The van der Waals surface area contributed by atoms with Crippen LogP contribution in [-0.4, -0.2) is 5.11 Å². The first-order chi connectivity index (χ1) is 11.6. The van der Waals surface area contributed by atoms with Gasteiger partial charge < -0.3 is 10.6 Å². The van der Waals surface area contributed by atoms with Crippen LogP contribution in [0.4, 0.5) is 18.9 Å². The van der Waals surface area contributed by atoms with E-state index < -0.39 is 11.7 Å². The summed E-state index contributed by atoms with van der Waals surface area (Å²) in [5.74, 6) is 0. The van der Waals surface area contributed by atoms with E-state index in [1.54, 1.807) is 0 Å². The number of alkyl halides is 3. The normalized spacial score (nSPS) is 12.6. The van der Waals surface area contributed by atoms with Crippen LogP contribution in [0.25, 0.3) is 0 Å². The van der Waals surface area contributed by atoms with Gasteiger partial charge in [-0.3, -0.25) is 0 Å². The predicted molar refractivity (Wildman–Crippen MR) is 100 cm³/mol. The molecule has 0 heterocycles. The summed E-state index contributed by atoms with van der Waals surface area (Å²) in [6.45, 7) is 5.94. The van der Waals surface area contributed by atoms with Crippen LogP contribution >= 0.6 is 23.8 Å². The van der Waals surface area contributed by atoms with E-state index in [1.165, 1.54) is 12.1 Å². The lowest BCUT2D eigenvalue weighted by Gasteiger charge is -2.20. The van der Waals surface area contributed by atoms with Gasteiger partial charge in [0.25, 0.3) is 0 Å². The topological polar surface area (TPSA) is 24.1 Å². The Kier molecular flexibility index (Phi) is 5.95. The Labute approximate surface area is 155 Å². The lowest BCUT2D eigenvalue weighted by molar-refractivity contribution is -0.137. The molecule has 2 nitrogen and oxygen atoms in total. The fourth-order valence-corrected chi connectivity index (χ4v) is 3.01. The fourth-order valence-electron chi connectivity index (χ4n) is 2.49. The van der Waals surface area contributed by atoms with Crippen molar-refractivity contribution >= 4 is 34.6 Å². The van der Waals surface area contributed by atoms with Gasteiger partial charge in [-0.25, -0.2) is 0 Å². The molecule has 0 amide bonds. The molecule has 0 aliphatic rings. The number of halogens is 4. The maximum Gasteiger partial charge on any atom is 0.417 e. The smallest absolute Gasteiger partial charge is 0.356 e. The Morgan fingerprint density at radius 1 is 1.12 bits per heavy atom. The van der Waals surface area contributed by atoms with E-state index in [0.717, 1.165) is 22.8 Å². The first-order valence-electron chi connectivity index (χ1n) is 7.59. The average molecular weight is 387 g/mol.